The van der Waals surface area contributed by atoms with E-state index in [-0.39, 0.29) is 12.0 Å². The molecule has 0 amide bonds. The maximum absolute atomic E-state index is 12.8. The molecule has 5 atom stereocenters. The number of allylic oxidation sites excluding steroid dienone is 2. The lowest BCUT2D eigenvalue weighted by Crippen LogP contribution is -2.65. The summed E-state index contributed by atoms with van der Waals surface area (Å²) in [5, 5.41) is 24.4. The van der Waals surface area contributed by atoms with Gasteiger partial charge in [0.2, 0.25) is 0 Å². The number of hydrogen-bond donors (Lipinski definition) is 3. The Morgan fingerprint density at radius 3 is 3.05 bits per heavy atom. The van der Waals surface area contributed by atoms with Crippen LogP contribution in [0.4, 0.5) is 0 Å². The summed E-state index contributed by atoms with van der Waals surface area (Å²) in [6, 6.07) is -0.0760. The molecule has 4 nitrogen and oxygen atoms in total. The molecule has 3 aliphatic carbocycles. The third-order valence-corrected chi connectivity index (χ3v) is 5.84. The van der Waals surface area contributed by atoms with E-state index in [0.29, 0.717) is 24.2 Å². The second-order valence-corrected chi connectivity index (χ2v) is 6.59. The first-order chi connectivity index (χ1) is 9.66. The molecule has 0 aromatic heterocycles. The fraction of sp³-hybridized carbons (Fsp3) is 0.688. The Balaban J connectivity index is 1.96. The minimum absolute atomic E-state index is 0.0760. The topological polar surface area (TPSA) is 69.6 Å². The van der Waals surface area contributed by atoms with Gasteiger partial charge in [-0.25, -0.2) is 0 Å². The molecule has 1 saturated carbocycles. The zero-order chi connectivity index (χ0) is 13.9. The van der Waals surface area contributed by atoms with Crippen LogP contribution >= 0.6 is 0 Å². The summed E-state index contributed by atoms with van der Waals surface area (Å²) in [6.45, 7) is 0.769. The Hall–Kier alpha value is -0.970. The van der Waals surface area contributed by atoms with E-state index < -0.39 is 17.6 Å². The number of carbonyl (C=O) groups is 1. The van der Waals surface area contributed by atoms with Crippen LogP contribution in [0.3, 0.4) is 0 Å². The highest BCUT2D eigenvalue weighted by Crippen LogP contribution is 2.56. The third-order valence-electron chi connectivity index (χ3n) is 5.84. The van der Waals surface area contributed by atoms with Gasteiger partial charge in [0.1, 0.15) is 5.78 Å². The number of rotatable bonds is 0. The van der Waals surface area contributed by atoms with Gasteiger partial charge in [0, 0.05) is 12.5 Å². The molecule has 3 N–H and O–H groups in total. The van der Waals surface area contributed by atoms with Crippen LogP contribution in [0.5, 0.6) is 0 Å². The zero-order valence-electron chi connectivity index (χ0n) is 11.5. The fourth-order valence-corrected chi connectivity index (χ4v) is 5.04. The van der Waals surface area contributed by atoms with Crippen LogP contribution < -0.4 is 5.32 Å². The molecule has 4 aliphatic rings. The van der Waals surface area contributed by atoms with Crippen LogP contribution in [0.1, 0.15) is 32.1 Å². The third kappa shape index (κ3) is 1.39. The maximum Gasteiger partial charge on any atom is 0.143 e. The monoisotopic (exact) mass is 275 g/mol. The summed E-state index contributed by atoms with van der Waals surface area (Å²) in [4.78, 5) is 12.8. The number of Topliss-reactive ketones (excluding diaryl/α,β-unsaturated/α-hetero) is 1. The SMILES string of the molecule is O=C1CCC[C@H]2[C@@H]3NCC[C@]12C1=C(C(O)CC=C1)C3O. The zero-order valence-corrected chi connectivity index (χ0v) is 11.5. The van der Waals surface area contributed by atoms with Crippen molar-refractivity contribution in [2.75, 3.05) is 6.54 Å². The van der Waals surface area contributed by atoms with E-state index in [4.69, 9.17) is 0 Å². The molecule has 4 rings (SSSR count). The molecule has 0 spiro atoms. The minimum Gasteiger partial charge on any atom is -0.388 e. The average molecular weight is 275 g/mol. The van der Waals surface area contributed by atoms with Crippen molar-refractivity contribution >= 4 is 5.78 Å². The van der Waals surface area contributed by atoms with Crippen LogP contribution in [-0.2, 0) is 4.79 Å². The van der Waals surface area contributed by atoms with E-state index in [1.165, 1.54) is 0 Å². The Morgan fingerprint density at radius 2 is 2.20 bits per heavy atom. The number of nitrogens with one attached hydrogen (secondary N) is 1. The van der Waals surface area contributed by atoms with Gasteiger partial charge in [-0.1, -0.05) is 12.2 Å². The molecular weight excluding hydrogens is 254 g/mol. The van der Waals surface area contributed by atoms with Gasteiger partial charge in [-0.3, -0.25) is 4.79 Å². The lowest BCUT2D eigenvalue weighted by Gasteiger charge is -2.57. The molecule has 2 bridgehead atoms. The first kappa shape index (κ1) is 12.7. The Kier molecular flexibility index (Phi) is 2.72. The van der Waals surface area contributed by atoms with Gasteiger partial charge in [0.05, 0.1) is 17.6 Å². The van der Waals surface area contributed by atoms with Crippen LogP contribution in [0, 0.1) is 11.3 Å². The number of ketones is 1. The van der Waals surface area contributed by atoms with Crippen molar-refractivity contribution in [3.05, 3.63) is 23.3 Å². The molecule has 0 radical (unpaired) electrons. The first-order valence-electron chi connectivity index (χ1n) is 7.70. The van der Waals surface area contributed by atoms with E-state index in [1.54, 1.807) is 0 Å². The normalized spacial score (nSPS) is 47.0. The largest absolute Gasteiger partial charge is 0.388 e. The Bertz CT molecular complexity index is 524. The van der Waals surface area contributed by atoms with E-state index in [0.717, 1.165) is 31.4 Å². The molecular formula is C16H21NO3. The van der Waals surface area contributed by atoms with E-state index in [1.807, 2.05) is 12.2 Å². The van der Waals surface area contributed by atoms with Crippen LogP contribution in [0.25, 0.3) is 0 Å². The van der Waals surface area contributed by atoms with Gasteiger partial charge in [-0.2, -0.15) is 0 Å². The van der Waals surface area contributed by atoms with E-state index in [2.05, 4.69) is 5.32 Å². The maximum atomic E-state index is 12.8. The molecule has 2 fully saturated rings. The number of aliphatic hydroxyl groups is 2. The van der Waals surface area contributed by atoms with Gasteiger partial charge in [-0.15, -0.1) is 0 Å². The summed E-state index contributed by atoms with van der Waals surface area (Å²) in [5.41, 5.74) is 1.20. The molecule has 2 unspecified atom stereocenters. The molecule has 20 heavy (non-hydrogen) atoms. The van der Waals surface area contributed by atoms with Gasteiger partial charge in [-0.05, 0) is 49.3 Å². The number of hydrogen-bond acceptors (Lipinski definition) is 4. The average Bonchev–Trinajstić information content (AvgIpc) is 2.45. The summed E-state index contributed by atoms with van der Waals surface area (Å²) in [6.07, 6.45) is 6.54. The number of aliphatic hydroxyl groups excluding tert-OH is 2. The van der Waals surface area contributed by atoms with Crippen molar-refractivity contribution in [1.82, 2.24) is 5.32 Å². The lowest BCUT2D eigenvalue weighted by molar-refractivity contribution is -0.138. The minimum atomic E-state index is -0.658. The van der Waals surface area contributed by atoms with Crippen molar-refractivity contribution in [2.24, 2.45) is 11.3 Å². The molecule has 0 aromatic carbocycles. The Morgan fingerprint density at radius 1 is 1.35 bits per heavy atom. The van der Waals surface area contributed by atoms with Crippen molar-refractivity contribution in [3.8, 4) is 0 Å². The van der Waals surface area contributed by atoms with Crippen molar-refractivity contribution in [1.29, 1.82) is 0 Å². The Labute approximate surface area is 118 Å². The van der Waals surface area contributed by atoms with Crippen molar-refractivity contribution in [3.63, 3.8) is 0 Å². The van der Waals surface area contributed by atoms with Crippen molar-refractivity contribution < 1.29 is 15.0 Å². The number of piperidine rings is 1. The molecule has 1 heterocycles. The quantitative estimate of drug-likeness (QED) is 0.608. The second kappa shape index (κ2) is 4.26. The predicted octanol–water partition coefficient (Wildman–Crippen LogP) is 0.696. The molecule has 4 heteroatoms. The molecule has 0 aromatic rings. The highest BCUT2D eigenvalue weighted by molar-refractivity contribution is 5.91. The molecule has 108 valence electrons. The van der Waals surface area contributed by atoms with Gasteiger partial charge >= 0.3 is 0 Å². The van der Waals surface area contributed by atoms with Gasteiger partial charge in [0.25, 0.3) is 0 Å². The van der Waals surface area contributed by atoms with Gasteiger partial charge < -0.3 is 15.5 Å². The van der Waals surface area contributed by atoms with Gasteiger partial charge in [0.15, 0.2) is 0 Å². The predicted molar refractivity (Wildman–Crippen MR) is 74.0 cm³/mol. The summed E-state index contributed by atoms with van der Waals surface area (Å²) in [7, 11) is 0. The summed E-state index contributed by atoms with van der Waals surface area (Å²) >= 11 is 0. The molecule has 1 aliphatic heterocycles. The van der Waals surface area contributed by atoms with Crippen molar-refractivity contribution in [2.45, 2.75) is 50.4 Å². The smallest absolute Gasteiger partial charge is 0.143 e. The van der Waals surface area contributed by atoms with E-state index >= 15 is 0 Å². The lowest BCUT2D eigenvalue weighted by atomic mass is 9.50. The second-order valence-electron chi connectivity index (χ2n) is 6.59. The first-order valence-corrected chi connectivity index (χ1v) is 7.70. The fourth-order valence-electron chi connectivity index (χ4n) is 5.04. The summed E-state index contributed by atoms with van der Waals surface area (Å²) in [5.74, 6) is 0.500. The van der Waals surface area contributed by atoms with Crippen LogP contribution in [0.2, 0.25) is 0 Å². The highest BCUT2D eigenvalue weighted by Gasteiger charge is 2.59. The molecule has 1 saturated heterocycles. The van der Waals surface area contributed by atoms with E-state index in [9.17, 15) is 15.0 Å². The van der Waals surface area contributed by atoms with Crippen LogP contribution in [0.15, 0.2) is 23.3 Å². The standard InChI is InChI=1S/C16H21NO3/c18-11-5-1-3-9-13(11)15(20)14-10-4-2-6-12(19)16(9,10)7-8-17-14/h1,3,10-11,14-15,17-18,20H,2,4-8H2/t10-,11?,14-,15?,16+/m0/s1. The van der Waals surface area contributed by atoms with Crippen LogP contribution in [-0.4, -0.2) is 40.8 Å². The highest BCUT2D eigenvalue weighted by atomic mass is 16.3. The number of carbonyl (C=O) groups excluding carboxylic acids is 1. The summed E-state index contributed by atoms with van der Waals surface area (Å²) < 4.78 is 0.